The average molecular weight is 525 g/mol. The topological polar surface area (TPSA) is 139 Å². The lowest BCUT2D eigenvalue weighted by atomic mass is 10.1. The Morgan fingerprint density at radius 1 is 1.06 bits per heavy atom. The number of nitrogens with two attached hydrogens (primary N) is 1. The van der Waals surface area contributed by atoms with Crippen molar-refractivity contribution in [1.29, 1.82) is 0 Å². The van der Waals surface area contributed by atoms with Crippen molar-refractivity contribution in [1.82, 2.24) is 9.97 Å². The molecule has 14 heteroatoms. The minimum Gasteiger partial charge on any atom is -0.366 e. The minimum absolute atomic E-state index is 0.147. The van der Waals surface area contributed by atoms with Gasteiger partial charge >= 0.3 is 6.18 Å². The summed E-state index contributed by atoms with van der Waals surface area (Å²) in [6, 6.07) is 7.19. The number of aryl methyl sites for hydroxylation is 1. The molecular formula is C22H20F4N6O3S. The maximum Gasteiger partial charge on any atom is 0.421 e. The van der Waals surface area contributed by atoms with Crippen molar-refractivity contribution in [3.05, 3.63) is 76.6 Å². The van der Waals surface area contributed by atoms with Crippen molar-refractivity contribution >= 4 is 44.8 Å². The molecule has 1 heterocycles. The highest BCUT2D eigenvalue weighted by molar-refractivity contribution is 7.96. The molecule has 1 amide bonds. The number of amides is 1. The summed E-state index contributed by atoms with van der Waals surface area (Å²) in [5, 5.41) is 5.13. The molecule has 0 fully saturated rings. The zero-order valence-electron chi connectivity index (χ0n) is 18.9. The van der Waals surface area contributed by atoms with E-state index in [1.165, 1.54) is 19.1 Å². The van der Waals surface area contributed by atoms with Crippen molar-refractivity contribution in [2.75, 3.05) is 15.4 Å². The van der Waals surface area contributed by atoms with Gasteiger partial charge in [0.05, 0.1) is 16.3 Å². The van der Waals surface area contributed by atoms with Crippen molar-refractivity contribution in [2.45, 2.75) is 20.0 Å². The summed E-state index contributed by atoms with van der Waals surface area (Å²) in [5.41, 5.74) is 4.50. The lowest BCUT2D eigenvalue weighted by Crippen LogP contribution is -2.16. The summed E-state index contributed by atoms with van der Waals surface area (Å²) in [4.78, 5) is 18.8. The standard InChI is InChI=1S/C22H20F4N6O3S/c1-11(2)36(34,35)32-18-9-14(23)6-7-16(18)29-20-15(22(24,25)26)10-28-21(31-20)30-17-8-13(19(27)33)5-4-12(17)3/h4-10,32H,1H2,2-3H3,(H2,27,33)(H2,28,29,30,31). The molecule has 3 aromatic rings. The van der Waals surface area contributed by atoms with Gasteiger partial charge in [-0.25, -0.2) is 17.8 Å². The number of carbonyl (C=O) groups is 1. The fraction of sp³-hybridized carbons (Fsp3) is 0.136. The number of aromatic nitrogens is 2. The molecule has 0 radical (unpaired) electrons. The van der Waals surface area contributed by atoms with Crippen LogP contribution in [0.5, 0.6) is 0 Å². The Hall–Kier alpha value is -4.20. The molecule has 0 unspecified atom stereocenters. The molecule has 0 atom stereocenters. The second kappa shape index (κ2) is 9.81. The van der Waals surface area contributed by atoms with Crippen LogP contribution in [-0.4, -0.2) is 24.3 Å². The Bertz CT molecular complexity index is 1460. The van der Waals surface area contributed by atoms with Crippen molar-refractivity contribution in [3.8, 4) is 0 Å². The van der Waals surface area contributed by atoms with E-state index in [0.717, 1.165) is 18.2 Å². The van der Waals surface area contributed by atoms with Crippen LogP contribution >= 0.6 is 0 Å². The van der Waals surface area contributed by atoms with Crippen molar-refractivity contribution < 1.29 is 30.8 Å². The lowest BCUT2D eigenvalue weighted by molar-refractivity contribution is -0.137. The number of halogens is 4. The smallest absolute Gasteiger partial charge is 0.366 e. The van der Waals surface area contributed by atoms with E-state index in [0.29, 0.717) is 17.4 Å². The maximum absolute atomic E-state index is 13.8. The zero-order chi connectivity index (χ0) is 26.8. The summed E-state index contributed by atoms with van der Waals surface area (Å²) in [5.74, 6) is -2.58. The number of allylic oxidation sites excluding steroid dienone is 1. The number of sulfonamides is 1. The molecule has 0 spiro atoms. The summed E-state index contributed by atoms with van der Waals surface area (Å²) in [6.45, 7) is 6.17. The number of hydrogen-bond donors (Lipinski definition) is 4. The fourth-order valence-electron chi connectivity index (χ4n) is 2.84. The van der Waals surface area contributed by atoms with Gasteiger partial charge in [0.1, 0.15) is 17.2 Å². The highest BCUT2D eigenvalue weighted by Gasteiger charge is 2.35. The summed E-state index contributed by atoms with van der Waals surface area (Å²) in [7, 11) is -4.14. The molecule has 1 aromatic heterocycles. The van der Waals surface area contributed by atoms with Gasteiger partial charge in [-0.2, -0.15) is 18.2 Å². The molecular weight excluding hydrogens is 504 g/mol. The zero-order valence-corrected chi connectivity index (χ0v) is 19.7. The number of rotatable bonds is 8. The third-order valence-electron chi connectivity index (χ3n) is 4.80. The molecule has 0 saturated heterocycles. The highest BCUT2D eigenvalue weighted by atomic mass is 32.2. The van der Waals surface area contributed by atoms with Crippen LogP contribution in [0.1, 0.15) is 28.4 Å². The van der Waals surface area contributed by atoms with Gasteiger partial charge in [0.15, 0.2) is 0 Å². The average Bonchev–Trinajstić information content (AvgIpc) is 2.76. The van der Waals surface area contributed by atoms with E-state index in [1.54, 1.807) is 13.0 Å². The number of benzene rings is 2. The van der Waals surface area contributed by atoms with Crippen molar-refractivity contribution in [3.63, 3.8) is 0 Å². The number of anilines is 5. The first-order valence-corrected chi connectivity index (χ1v) is 11.5. The van der Waals surface area contributed by atoms with Gasteiger partial charge in [-0.1, -0.05) is 12.6 Å². The quantitative estimate of drug-likeness (QED) is 0.310. The molecule has 0 aliphatic heterocycles. The molecule has 36 heavy (non-hydrogen) atoms. The second-order valence-electron chi connectivity index (χ2n) is 7.60. The number of hydrogen-bond acceptors (Lipinski definition) is 7. The van der Waals surface area contributed by atoms with Crippen LogP contribution in [0.4, 0.5) is 46.4 Å². The van der Waals surface area contributed by atoms with Crippen LogP contribution in [0.3, 0.4) is 0 Å². The van der Waals surface area contributed by atoms with E-state index in [2.05, 4.69) is 31.9 Å². The molecule has 9 nitrogen and oxygen atoms in total. The Morgan fingerprint density at radius 3 is 2.36 bits per heavy atom. The van der Waals surface area contributed by atoms with Crippen LogP contribution in [-0.2, 0) is 16.2 Å². The third kappa shape index (κ3) is 6.07. The Morgan fingerprint density at radius 2 is 1.75 bits per heavy atom. The van der Waals surface area contributed by atoms with Gasteiger partial charge in [-0.15, -0.1) is 0 Å². The van der Waals surface area contributed by atoms with Crippen LogP contribution < -0.4 is 21.1 Å². The van der Waals surface area contributed by atoms with Crippen LogP contribution in [0, 0.1) is 12.7 Å². The Balaban J connectivity index is 2.06. The molecule has 0 aliphatic carbocycles. The fourth-order valence-corrected chi connectivity index (χ4v) is 3.48. The number of nitrogens with zero attached hydrogens (tertiary/aromatic N) is 2. The first-order chi connectivity index (χ1) is 16.7. The highest BCUT2D eigenvalue weighted by Crippen LogP contribution is 2.37. The maximum atomic E-state index is 13.8. The summed E-state index contributed by atoms with van der Waals surface area (Å²) >= 11 is 0. The lowest BCUT2D eigenvalue weighted by Gasteiger charge is -2.18. The first kappa shape index (κ1) is 26.4. The van der Waals surface area contributed by atoms with E-state index >= 15 is 0 Å². The van der Waals surface area contributed by atoms with Gasteiger partial charge in [-0.3, -0.25) is 9.52 Å². The van der Waals surface area contributed by atoms with Crippen LogP contribution in [0.25, 0.3) is 0 Å². The molecule has 2 aromatic carbocycles. The normalized spacial score (nSPS) is 11.6. The van der Waals surface area contributed by atoms with Crippen molar-refractivity contribution in [2.24, 2.45) is 5.73 Å². The van der Waals surface area contributed by atoms with Gasteiger partial charge in [-0.05, 0) is 43.7 Å². The predicted molar refractivity (Wildman–Crippen MR) is 127 cm³/mol. The predicted octanol–water partition coefficient (Wildman–Crippen LogP) is 4.80. The van der Waals surface area contributed by atoms with Gasteiger partial charge in [0, 0.05) is 23.5 Å². The van der Waals surface area contributed by atoms with E-state index in [1.807, 2.05) is 0 Å². The second-order valence-corrected chi connectivity index (χ2v) is 9.50. The monoisotopic (exact) mass is 524 g/mol. The minimum atomic E-state index is -4.89. The first-order valence-electron chi connectivity index (χ1n) is 10.0. The third-order valence-corrected chi connectivity index (χ3v) is 6.21. The molecule has 5 N–H and O–H groups in total. The summed E-state index contributed by atoms with van der Waals surface area (Å²) < 4.78 is 81.3. The molecule has 0 saturated carbocycles. The number of carbonyl (C=O) groups excluding carboxylic acids is 1. The van der Waals surface area contributed by atoms with E-state index in [4.69, 9.17) is 5.73 Å². The van der Waals surface area contributed by atoms with Crippen LogP contribution in [0.15, 0.2) is 54.1 Å². The number of primary amides is 1. The number of nitrogens with one attached hydrogen (secondary N) is 3. The SMILES string of the molecule is C=C(C)S(=O)(=O)Nc1cc(F)ccc1Nc1nc(Nc2cc(C(N)=O)ccc2C)ncc1C(F)(F)F. The molecule has 0 bridgehead atoms. The Kier molecular flexibility index (Phi) is 7.20. The number of alkyl halides is 3. The molecule has 0 aliphatic rings. The van der Waals surface area contributed by atoms with Gasteiger partial charge in [0.2, 0.25) is 11.9 Å². The molecule has 190 valence electrons. The van der Waals surface area contributed by atoms with Crippen LogP contribution in [0.2, 0.25) is 0 Å². The van der Waals surface area contributed by atoms with E-state index in [9.17, 15) is 30.8 Å². The summed E-state index contributed by atoms with van der Waals surface area (Å²) in [6.07, 6.45) is -4.37. The molecule has 3 rings (SSSR count). The van der Waals surface area contributed by atoms with E-state index in [-0.39, 0.29) is 27.8 Å². The Labute approximate surface area is 203 Å². The van der Waals surface area contributed by atoms with E-state index < -0.39 is 39.3 Å². The van der Waals surface area contributed by atoms with Gasteiger partial charge < -0.3 is 16.4 Å². The van der Waals surface area contributed by atoms with Gasteiger partial charge in [0.25, 0.3) is 10.0 Å². The largest absolute Gasteiger partial charge is 0.421 e.